The molecule has 0 bridgehead atoms. The number of methoxy groups -OCH3 is 1. The molecule has 1 N–H and O–H groups in total. The highest BCUT2D eigenvalue weighted by Crippen LogP contribution is 2.32. The molecule has 0 saturated heterocycles. The predicted molar refractivity (Wildman–Crippen MR) is 92.6 cm³/mol. The van der Waals surface area contributed by atoms with Crippen LogP contribution in [-0.2, 0) is 0 Å². The van der Waals surface area contributed by atoms with Crippen LogP contribution >= 0.6 is 11.8 Å². The summed E-state index contributed by atoms with van der Waals surface area (Å²) in [5.41, 5.74) is 3.62. The lowest BCUT2D eigenvalue weighted by Crippen LogP contribution is -2.09. The Kier molecular flexibility index (Phi) is 5.57. The van der Waals surface area contributed by atoms with E-state index < -0.39 is 0 Å². The molecule has 21 heavy (non-hydrogen) atoms. The average molecular weight is 301 g/mol. The van der Waals surface area contributed by atoms with Crippen molar-refractivity contribution in [3.05, 3.63) is 53.6 Å². The minimum Gasteiger partial charge on any atom is -0.496 e. The molecule has 0 aliphatic heterocycles. The number of ether oxygens (including phenoxy) is 1. The van der Waals surface area contributed by atoms with Crippen molar-refractivity contribution in [3.8, 4) is 5.75 Å². The van der Waals surface area contributed by atoms with Gasteiger partial charge in [0.15, 0.2) is 0 Å². The number of thioether (sulfide) groups is 1. The van der Waals surface area contributed by atoms with Gasteiger partial charge in [-0.3, -0.25) is 0 Å². The van der Waals surface area contributed by atoms with E-state index in [0.29, 0.717) is 0 Å². The average Bonchev–Trinajstić information content (AvgIpc) is 2.49. The quantitative estimate of drug-likeness (QED) is 0.733. The first-order valence-corrected chi connectivity index (χ1v) is 8.27. The van der Waals surface area contributed by atoms with Gasteiger partial charge in [0.25, 0.3) is 0 Å². The van der Waals surface area contributed by atoms with Gasteiger partial charge in [-0.05, 0) is 37.8 Å². The molecule has 0 saturated carbocycles. The third-order valence-electron chi connectivity index (χ3n) is 3.41. The minimum atomic E-state index is 0.193. The van der Waals surface area contributed by atoms with Gasteiger partial charge >= 0.3 is 0 Å². The standard InChI is InChI=1S/C18H23NOS/c1-5-21-18-9-7-6-8-16(18)19-14(3)15-12-13(2)10-11-17(15)20-4/h6-12,14,19H,5H2,1-4H3. The number of hydrogen-bond acceptors (Lipinski definition) is 3. The summed E-state index contributed by atoms with van der Waals surface area (Å²) in [6.07, 6.45) is 0. The van der Waals surface area contributed by atoms with E-state index >= 15 is 0 Å². The minimum absolute atomic E-state index is 0.193. The highest BCUT2D eigenvalue weighted by Gasteiger charge is 2.13. The lowest BCUT2D eigenvalue weighted by molar-refractivity contribution is 0.408. The highest BCUT2D eigenvalue weighted by molar-refractivity contribution is 7.99. The SMILES string of the molecule is CCSc1ccccc1NC(C)c1cc(C)ccc1OC. The van der Waals surface area contributed by atoms with Gasteiger partial charge in [0.05, 0.1) is 13.2 Å². The largest absolute Gasteiger partial charge is 0.496 e. The fourth-order valence-corrected chi connectivity index (χ4v) is 3.14. The second-order valence-corrected chi connectivity index (χ2v) is 6.35. The molecular formula is C18H23NOS. The van der Waals surface area contributed by atoms with Crippen molar-refractivity contribution in [1.82, 2.24) is 0 Å². The number of aryl methyl sites for hydroxylation is 1. The molecule has 1 atom stereocenters. The van der Waals surface area contributed by atoms with E-state index in [1.807, 2.05) is 17.8 Å². The molecule has 0 amide bonds. The number of rotatable bonds is 6. The van der Waals surface area contributed by atoms with Crippen molar-refractivity contribution in [2.75, 3.05) is 18.2 Å². The van der Waals surface area contributed by atoms with Crippen molar-refractivity contribution in [3.63, 3.8) is 0 Å². The zero-order valence-corrected chi connectivity index (χ0v) is 14.0. The van der Waals surface area contributed by atoms with Gasteiger partial charge < -0.3 is 10.1 Å². The second-order valence-electron chi connectivity index (χ2n) is 5.04. The van der Waals surface area contributed by atoms with Gasteiger partial charge in [-0.1, -0.05) is 36.8 Å². The van der Waals surface area contributed by atoms with Crippen LogP contribution in [0.25, 0.3) is 0 Å². The molecule has 3 heteroatoms. The Morgan fingerprint density at radius 1 is 1.19 bits per heavy atom. The van der Waals surface area contributed by atoms with Crippen LogP contribution < -0.4 is 10.1 Å². The summed E-state index contributed by atoms with van der Waals surface area (Å²) >= 11 is 1.86. The van der Waals surface area contributed by atoms with Crippen molar-refractivity contribution in [2.45, 2.75) is 31.7 Å². The predicted octanol–water partition coefficient (Wildman–Crippen LogP) is 5.29. The normalized spacial score (nSPS) is 12.0. The lowest BCUT2D eigenvalue weighted by atomic mass is 10.0. The van der Waals surface area contributed by atoms with Crippen LogP contribution in [0.15, 0.2) is 47.4 Å². The Morgan fingerprint density at radius 2 is 1.95 bits per heavy atom. The van der Waals surface area contributed by atoms with Crippen molar-refractivity contribution in [2.24, 2.45) is 0 Å². The molecule has 0 heterocycles. The van der Waals surface area contributed by atoms with Crippen LogP contribution in [0.4, 0.5) is 5.69 Å². The Bertz CT molecular complexity index is 598. The molecule has 2 nitrogen and oxygen atoms in total. The van der Waals surface area contributed by atoms with Crippen molar-refractivity contribution in [1.29, 1.82) is 0 Å². The van der Waals surface area contributed by atoms with Crippen LogP contribution in [0.2, 0.25) is 0 Å². The van der Waals surface area contributed by atoms with E-state index in [1.165, 1.54) is 21.7 Å². The van der Waals surface area contributed by atoms with Crippen LogP contribution in [0.5, 0.6) is 5.75 Å². The maximum Gasteiger partial charge on any atom is 0.124 e. The third-order valence-corrected chi connectivity index (χ3v) is 4.37. The van der Waals surface area contributed by atoms with Crippen LogP contribution in [0.1, 0.15) is 31.0 Å². The van der Waals surface area contributed by atoms with Gasteiger partial charge in [0, 0.05) is 16.1 Å². The number of benzene rings is 2. The van der Waals surface area contributed by atoms with Gasteiger partial charge in [0.1, 0.15) is 5.75 Å². The Balaban J connectivity index is 2.26. The van der Waals surface area contributed by atoms with Gasteiger partial charge in [-0.25, -0.2) is 0 Å². The highest BCUT2D eigenvalue weighted by atomic mass is 32.2. The molecule has 2 aromatic rings. The molecule has 0 spiro atoms. The first kappa shape index (κ1) is 15.8. The summed E-state index contributed by atoms with van der Waals surface area (Å²) in [5, 5.41) is 3.61. The van der Waals surface area contributed by atoms with Gasteiger partial charge in [-0.15, -0.1) is 11.8 Å². The van der Waals surface area contributed by atoms with E-state index in [-0.39, 0.29) is 6.04 Å². The summed E-state index contributed by atoms with van der Waals surface area (Å²) in [6.45, 7) is 6.45. The number of anilines is 1. The summed E-state index contributed by atoms with van der Waals surface area (Å²) in [4.78, 5) is 1.29. The molecule has 0 fully saturated rings. The van der Waals surface area contributed by atoms with Crippen LogP contribution in [0, 0.1) is 6.92 Å². The van der Waals surface area contributed by atoms with Crippen molar-refractivity contribution >= 4 is 17.4 Å². The van der Waals surface area contributed by atoms with Gasteiger partial charge in [-0.2, -0.15) is 0 Å². The van der Waals surface area contributed by atoms with E-state index in [2.05, 4.69) is 62.5 Å². The van der Waals surface area contributed by atoms with E-state index in [0.717, 1.165) is 11.5 Å². The van der Waals surface area contributed by atoms with Gasteiger partial charge in [0.2, 0.25) is 0 Å². The lowest BCUT2D eigenvalue weighted by Gasteiger charge is -2.20. The zero-order valence-electron chi connectivity index (χ0n) is 13.1. The van der Waals surface area contributed by atoms with Crippen LogP contribution in [-0.4, -0.2) is 12.9 Å². The maximum atomic E-state index is 5.49. The topological polar surface area (TPSA) is 21.3 Å². The van der Waals surface area contributed by atoms with E-state index in [1.54, 1.807) is 7.11 Å². The molecule has 1 unspecified atom stereocenters. The maximum absolute atomic E-state index is 5.49. The Labute approximate surface area is 131 Å². The molecule has 0 aliphatic rings. The van der Waals surface area contributed by atoms with E-state index in [4.69, 9.17) is 4.74 Å². The molecule has 112 valence electrons. The number of hydrogen-bond donors (Lipinski definition) is 1. The fourth-order valence-electron chi connectivity index (χ4n) is 2.37. The Hall–Kier alpha value is -1.61. The second kappa shape index (κ2) is 7.41. The smallest absolute Gasteiger partial charge is 0.124 e. The molecule has 2 aromatic carbocycles. The molecule has 0 aromatic heterocycles. The zero-order chi connectivity index (χ0) is 15.2. The first-order valence-electron chi connectivity index (χ1n) is 7.28. The van der Waals surface area contributed by atoms with Crippen molar-refractivity contribution < 1.29 is 4.74 Å². The molecule has 2 rings (SSSR count). The number of para-hydroxylation sites is 1. The van der Waals surface area contributed by atoms with Crippen LogP contribution in [0.3, 0.4) is 0 Å². The van der Waals surface area contributed by atoms with E-state index in [9.17, 15) is 0 Å². The Morgan fingerprint density at radius 3 is 2.67 bits per heavy atom. The molecule has 0 radical (unpaired) electrons. The summed E-state index contributed by atoms with van der Waals surface area (Å²) in [5.74, 6) is 2.00. The number of nitrogens with one attached hydrogen (secondary N) is 1. The molecule has 0 aliphatic carbocycles. The summed E-state index contributed by atoms with van der Waals surface area (Å²) < 4.78 is 5.49. The summed E-state index contributed by atoms with van der Waals surface area (Å²) in [7, 11) is 1.72. The monoisotopic (exact) mass is 301 g/mol. The summed E-state index contributed by atoms with van der Waals surface area (Å²) in [6, 6.07) is 15.0. The fraction of sp³-hybridized carbons (Fsp3) is 0.333. The third kappa shape index (κ3) is 3.94. The molecular weight excluding hydrogens is 278 g/mol. The first-order chi connectivity index (χ1) is 10.2.